The van der Waals surface area contributed by atoms with Crippen molar-refractivity contribution in [3.8, 4) is 12.3 Å². The number of hydrogen-bond acceptors (Lipinski definition) is 4. The Hall–Kier alpha value is -2.06. The fourth-order valence-corrected chi connectivity index (χ4v) is 2.54. The number of terminal acetylenes is 1. The van der Waals surface area contributed by atoms with Crippen molar-refractivity contribution in [1.29, 1.82) is 5.41 Å². The van der Waals surface area contributed by atoms with E-state index in [4.69, 9.17) is 16.6 Å². The largest absolute Gasteiger partial charge is 0.465 e. The first-order chi connectivity index (χ1) is 10.1. The molecule has 2 atom stereocenters. The van der Waals surface area contributed by atoms with Crippen LogP contribution in [0.15, 0.2) is 40.0 Å². The molecule has 1 saturated carbocycles. The zero-order valence-corrected chi connectivity index (χ0v) is 13.1. The lowest BCUT2D eigenvalue weighted by atomic mass is 10.1. The Bertz CT molecular complexity index is 646. The van der Waals surface area contributed by atoms with Crippen LogP contribution in [0.3, 0.4) is 0 Å². The van der Waals surface area contributed by atoms with Gasteiger partial charge >= 0.3 is 5.97 Å². The first-order valence-electron chi connectivity index (χ1n) is 6.42. The number of carbonyl (C=O) groups is 1. The van der Waals surface area contributed by atoms with E-state index in [0.29, 0.717) is 5.70 Å². The van der Waals surface area contributed by atoms with Crippen LogP contribution in [0, 0.1) is 29.6 Å². The normalized spacial score (nSPS) is 20.8. The van der Waals surface area contributed by atoms with E-state index in [0.717, 1.165) is 22.8 Å². The van der Waals surface area contributed by atoms with E-state index in [1.807, 2.05) is 24.3 Å². The first kappa shape index (κ1) is 15.3. The van der Waals surface area contributed by atoms with Gasteiger partial charge in [-0.05, 0) is 24.6 Å². The molecule has 5 heteroatoms. The van der Waals surface area contributed by atoms with Gasteiger partial charge in [0.2, 0.25) is 0 Å². The van der Waals surface area contributed by atoms with Crippen molar-refractivity contribution in [1.82, 2.24) is 0 Å². The average molecular weight is 347 g/mol. The van der Waals surface area contributed by atoms with Crippen molar-refractivity contribution < 1.29 is 9.53 Å². The number of nitrogens with one attached hydrogen (secondary N) is 2. The second-order valence-electron chi connectivity index (χ2n) is 4.71. The van der Waals surface area contributed by atoms with Gasteiger partial charge in [0.15, 0.2) is 0 Å². The van der Waals surface area contributed by atoms with E-state index in [1.54, 1.807) is 0 Å². The number of ether oxygens (including phenoxy) is 1. The quantitative estimate of drug-likeness (QED) is 0.372. The van der Waals surface area contributed by atoms with Crippen LogP contribution < -0.4 is 5.32 Å². The third kappa shape index (κ3) is 3.53. The summed E-state index contributed by atoms with van der Waals surface area (Å²) < 4.78 is 5.67. The van der Waals surface area contributed by atoms with E-state index in [9.17, 15) is 4.79 Å². The van der Waals surface area contributed by atoms with E-state index in [1.165, 1.54) is 7.11 Å². The lowest BCUT2D eigenvalue weighted by Crippen LogP contribution is -2.15. The maximum Gasteiger partial charge on any atom is 0.341 e. The number of halogens is 1. The second kappa shape index (κ2) is 6.59. The number of anilines is 1. The van der Waals surface area contributed by atoms with Gasteiger partial charge in [-0.15, -0.1) is 12.3 Å². The van der Waals surface area contributed by atoms with Gasteiger partial charge in [-0.2, -0.15) is 0 Å². The van der Waals surface area contributed by atoms with Crippen LogP contribution in [-0.2, 0) is 9.53 Å². The molecular weight excluding hydrogens is 332 g/mol. The Labute approximate surface area is 132 Å². The molecule has 0 radical (unpaired) electrons. The Morgan fingerprint density at radius 3 is 2.90 bits per heavy atom. The third-order valence-electron chi connectivity index (χ3n) is 3.32. The van der Waals surface area contributed by atoms with Gasteiger partial charge in [0.1, 0.15) is 0 Å². The highest BCUT2D eigenvalue weighted by Crippen LogP contribution is 2.44. The molecule has 0 spiro atoms. The molecule has 1 aliphatic rings. The molecule has 0 aromatic heterocycles. The molecule has 2 N–H and O–H groups in total. The van der Waals surface area contributed by atoms with Crippen molar-refractivity contribution in [3.63, 3.8) is 0 Å². The van der Waals surface area contributed by atoms with Crippen LogP contribution in [0.25, 0.3) is 0 Å². The molecule has 1 aromatic carbocycles. The van der Waals surface area contributed by atoms with Gasteiger partial charge in [-0.1, -0.05) is 22.0 Å². The van der Waals surface area contributed by atoms with Gasteiger partial charge < -0.3 is 15.5 Å². The highest BCUT2D eigenvalue weighted by Gasteiger charge is 2.41. The minimum absolute atomic E-state index is 0.0599. The molecule has 0 heterocycles. The van der Waals surface area contributed by atoms with E-state index < -0.39 is 5.97 Å². The topological polar surface area (TPSA) is 62.2 Å². The predicted molar refractivity (Wildman–Crippen MR) is 86.0 cm³/mol. The molecular formula is C16H15BrN2O2. The molecule has 2 rings (SSSR count). The molecule has 108 valence electrons. The minimum Gasteiger partial charge on any atom is -0.465 e. The third-order valence-corrected chi connectivity index (χ3v) is 3.81. The number of carbonyl (C=O) groups excluding carboxylic acids is 1. The van der Waals surface area contributed by atoms with Crippen LogP contribution in [-0.4, -0.2) is 19.3 Å². The molecule has 1 aromatic rings. The number of allylic oxidation sites excluding steroid dienone is 1. The van der Waals surface area contributed by atoms with Crippen molar-refractivity contribution >= 4 is 33.8 Å². The van der Waals surface area contributed by atoms with E-state index >= 15 is 0 Å². The Kier molecular flexibility index (Phi) is 4.81. The summed E-state index contributed by atoms with van der Waals surface area (Å²) in [5, 5.41) is 10.7. The molecule has 0 amide bonds. The standard InChI is InChI=1S/C16H15BrN2O2/c1-3-10-7-13(10)15(14(9-18)16(20)21-2)19-12-6-4-5-11(17)8-12/h1,4-6,8-10,13,18-19H,7H2,2H3/b15-14+,18-9?/t10?,13-/m1/s1. The molecule has 1 unspecified atom stereocenters. The van der Waals surface area contributed by atoms with Gasteiger partial charge in [0.05, 0.1) is 12.7 Å². The van der Waals surface area contributed by atoms with Crippen LogP contribution in [0.2, 0.25) is 0 Å². The molecule has 21 heavy (non-hydrogen) atoms. The van der Waals surface area contributed by atoms with Crippen molar-refractivity contribution in [2.24, 2.45) is 11.8 Å². The Morgan fingerprint density at radius 2 is 2.38 bits per heavy atom. The van der Waals surface area contributed by atoms with E-state index in [-0.39, 0.29) is 17.4 Å². The SMILES string of the molecule is C#CC1C[C@H]1/C(Nc1cccc(Br)c1)=C(/C=N)C(=O)OC. The monoisotopic (exact) mass is 346 g/mol. The lowest BCUT2D eigenvalue weighted by Gasteiger charge is -2.14. The molecule has 0 bridgehead atoms. The summed E-state index contributed by atoms with van der Waals surface area (Å²) in [6.07, 6.45) is 7.27. The summed E-state index contributed by atoms with van der Waals surface area (Å²) >= 11 is 3.40. The Balaban J connectivity index is 2.37. The highest BCUT2D eigenvalue weighted by atomic mass is 79.9. The number of methoxy groups -OCH3 is 1. The average Bonchev–Trinajstić information content (AvgIpc) is 3.26. The van der Waals surface area contributed by atoms with Gasteiger partial charge in [0.25, 0.3) is 0 Å². The highest BCUT2D eigenvalue weighted by molar-refractivity contribution is 9.10. The fourth-order valence-electron chi connectivity index (χ4n) is 2.14. The summed E-state index contributed by atoms with van der Waals surface area (Å²) in [5.41, 5.74) is 1.68. The van der Waals surface area contributed by atoms with Crippen LogP contribution in [0.4, 0.5) is 5.69 Å². The van der Waals surface area contributed by atoms with Gasteiger partial charge in [0, 0.05) is 33.9 Å². The maximum absolute atomic E-state index is 11.8. The molecule has 4 nitrogen and oxygen atoms in total. The van der Waals surface area contributed by atoms with E-state index in [2.05, 4.69) is 27.2 Å². The van der Waals surface area contributed by atoms with Gasteiger partial charge in [-0.3, -0.25) is 0 Å². The smallest absolute Gasteiger partial charge is 0.341 e. The van der Waals surface area contributed by atoms with Crippen molar-refractivity contribution in [3.05, 3.63) is 40.0 Å². The summed E-state index contributed by atoms with van der Waals surface area (Å²) in [4.78, 5) is 11.8. The summed E-state index contributed by atoms with van der Waals surface area (Å²) in [7, 11) is 1.30. The molecule has 0 aliphatic heterocycles. The number of esters is 1. The molecule has 1 aliphatic carbocycles. The number of hydrogen-bond donors (Lipinski definition) is 2. The second-order valence-corrected chi connectivity index (χ2v) is 5.63. The first-order valence-corrected chi connectivity index (χ1v) is 7.21. The minimum atomic E-state index is -0.537. The zero-order valence-electron chi connectivity index (χ0n) is 11.5. The van der Waals surface area contributed by atoms with Crippen molar-refractivity contribution in [2.75, 3.05) is 12.4 Å². The van der Waals surface area contributed by atoms with Crippen LogP contribution >= 0.6 is 15.9 Å². The number of benzene rings is 1. The van der Waals surface area contributed by atoms with Crippen molar-refractivity contribution in [2.45, 2.75) is 6.42 Å². The molecule has 1 fully saturated rings. The zero-order chi connectivity index (χ0) is 15.4. The molecule has 0 saturated heterocycles. The summed E-state index contributed by atoms with van der Waals surface area (Å²) in [6.45, 7) is 0. The number of rotatable bonds is 5. The van der Waals surface area contributed by atoms with Gasteiger partial charge in [-0.25, -0.2) is 4.79 Å². The fraction of sp³-hybridized carbons (Fsp3) is 0.250. The predicted octanol–water partition coefficient (Wildman–Crippen LogP) is 3.21. The van der Waals surface area contributed by atoms with Crippen LogP contribution in [0.1, 0.15) is 6.42 Å². The summed E-state index contributed by atoms with van der Waals surface area (Å²) in [5.74, 6) is 2.31. The van der Waals surface area contributed by atoms with Crippen LogP contribution in [0.5, 0.6) is 0 Å². The maximum atomic E-state index is 11.8. The lowest BCUT2D eigenvalue weighted by molar-refractivity contribution is -0.135. The summed E-state index contributed by atoms with van der Waals surface area (Å²) in [6, 6.07) is 7.58. The Morgan fingerprint density at radius 1 is 1.62 bits per heavy atom.